The summed E-state index contributed by atoms with van der Waals surface area (Å²) in [6, 6.07) is 0. The van der Waals surface area contributed by atoms with Crippen molar-refractivity contribution in [3.05, 3.63) is 21.2 Å². The molecule has 1 unspecified atom stereocenters. The molecular formula is C9H13BrN4O3. The number of ether oxygens (including phenoxy) is 1. The minimum atomic E-state index is -0.673. The van der Waals surface area contributed by atoms with E-state index in [9.17, 15) is 9.90 Å². The number of aliphatic hydroxyl groups is 1. The highest BCUT2D eigenvalue weighted by Crippen LogP contribution is 2.28. The molecule has 0 spiro atoms. The van der Waals surface area contributed by atoms with E-state index in [1.54, 1.807) is 0 Å². The number of anilines is 1. The molecule has 0 amide bonds. The fourth-order valence-corrected chi connectivity index (χ4v) is 2.07. The number of nitrogens with two attached hydrogens (primary N) is 2. The Kier molecular flexibility index (Phi) is 3.48. The van der Waals surface area contributed by atoms with Crippen LogP contribution in [0.15, 0.2) is 15.5 Å². The number of nitrogens with zero attached hydrogens (tertiary/aromatic N) is 2. The Hall–Kier alpha value is -0.960. The number of hydrogen-bond donors (Lipinski definition) is 3. The monoisotopic (exact) mass is 304 g/mol. The van der Waals surface area contributed by atoms with Gasteiger partial charge in [0, 0.05) is 19.2 Å². The molecule has 1 aliphatic heterocycles. The largest absolute Gasteiger partial charge is 0.390 e. The zero-order valence-electron chi connectivity index (χ0n) is 8.91. The van der Waals surface area contributed by atoms with E-state index in [1.165, 1.54) is 10.8 Å². The molecule has 0 aliphatic carbocycles. The molecule has 7 nitrogen and oxygen atoms in total. The minimum Gasteiger partial charge on any atom is -0.390 e. The molecule has 1 aliphatic rings. The molecule has 0 aromatic carbocycles. The van der Waals surface area contributed by atoms with Crippen LogP contribution >= 0.6 is 15.9 Å². The maximum Gasteiger partial charge on any atom is 0.351 e. The molecule has 0 radical (unpaired) electrons. The molecule has 0 bridgehead atoms. The van der Waals surface area contributed by atoms with Crippen LogP contribution in [-0.4, -0.2) is 33.4 Å². The topological polar surface area (TPSA) is 116 Å². The standard InChI is InChI=1S/C9H13BrN4O3/c10-4-3-14(9(16)13-8(4)12)7-1-5(15)6(2-11)17-7/h3,5-7,15H,1-2,11H2,(H2,12,13,16)/t5?,6-,7-/m1/s1. The number of aromatic nitrogens is 2. The maximum absolute atomic E-state index is 11.6. The summed E-state index contributed by atoms with van der Waals surface area (Å²) in [6.45, 7) is 0.204. The zero-order chi connectivity index (χ0) is 12.6. The van der Waals surface area contributed by atoms with Crippen LogP contribution in [0.5, 0.6) is 0 Å². The molecule has 94 valence electrons. The van der Waals surface area contributed by atoms with Crippen LogP contribution in [0.4, 0.5) is 5.82 Å². The molecule has 1 saturated heterocycles. The third kappa shape index (κ3) is 2.34. The smallest absolute Gasteiger partial charge is 0.351 e. The predicted molar refractivity (Wildman–Crippen MR) is 64.2 cm³/mol. The van der Waals surface area contributed by atoms with Gasteiger partial charge in [-0.2, -0.15) is 4.98 Å². The lowest BCUT2D eigenvalue weighted by molar-refractivity contribution is -0.0151. The van der Waals surface area contributed by atoms with E-state index in [0.29, 0.717) is 10.9 Å². The Morgan fingerprint density at radius 2 is 2.41 bits per heavy atom. The van der Waals surface area contributed by atoms with Crippen LogP contribution in [0.3, 0.4) is 0 Å². The van der Waals surface area contributed by atoms with E-state index < -0.39 is 24.1 Å². The third-order valence-electron chi connectivity index (χ3n) is 2.68. The summed E-state index contributed by atoms with van der Waals surface area (Å²) in [5.74, 6) is 0.125. The van der Waals surface area contributed by atoms with Gasteiger partial charge in [0.2, 0.25) is 0 Å². The molecule has 2 rings (SSSR count). The Balaban J connectivity index is 2.30. The van der Waals surface area contributed by atoms with Crippen molar-refractivity contribution >= 4 is 21.7 Å². The van der Waals surface area contributed by atoms with Gasteiger partial charge < -0.3 is 21.3 Å². The molecule has 5 N–H and O–H groups in total. The average molecular weight is 305 g/mol. The highest BCUT2D eigenvalue weighted by atomic mass is 79.9. The maximum atomic E-state index is 11.6. The lowest BCUT2D eigenvalue weighted by Crippen LogP contribution is -2.30. The summed E-state index contributed by atoms with van der Waals surface area (Å²) in [4.78, 5) is 15.3. The van der Waals surface area contributed by atoms with Gasteiger partial charge in [0.25, 0.3) is 0 Å². The highest BCUT2D eigenvalue weighted by molar-refractivity contribution is 9.10. The van der Waals surface area contributed by atoms with Crippen molar-refractivity contribution in [2.24, 2.45) is 5.73 Å². The Labute approximate surface area is 106 Å². The molecule has 1 fully saturated rings. The summed E-state index contributed by atoms with van der Waals surface area (Å²) in [5, 5.41) is 9.66. The van der Waals surface area contributed by atoms with Crippen molar-refractivity contribution in [3.63, 3.8) is 0 Å². The first-order valence-electron chi connectivity index (χ1n) is 5.10. The quantitative estimate of drug-likeness (QED) is 0.658. The van der Waals surface area contributed by atoms with Gasteiger partial charge in [-0.25, -0.2) is 4.79 Å². The summed E-state index contributed by atoms with van der Waals surface area (Å²) < 4.78 is 7.27. The van der Waals surface area contributed by atoms with Gasteiger partial charge in [-0.1, -0.05) is 0 Å². The molecule has 8 heteroatoms. The number of hydrogen-bond acceptors (Lipinski definition) is 6. The zero-order valence-corrected chi connectivity index (χ0v) is 10.5. The van der Waals surface area contributed by atoms with E-state index in [1.807, 2.05) is 0 Å². The highest BCUT2D eigenvalue weighted by Gasteiger charge is 2.34. The predicted octanol–water partition coefficient (Wildman–Crippen LogP) is -0.805. The van der Waals surface area contributed by atoms with Crippen LogP contribution in [0.2, 0.25) is 0 Å². The fraction of sp³-hybridized carbons (Fsp3) is 0.556. The molecular weight excluding hydrogens is 292 g/mol. The normalized spacial score (nSPS) is 28.5. The van der Waals surface area contributed by atoms with Crippen LogP contribution in [-0.2, 0) is 4.74 Å². The molecule has 1 aromatic rings. The summed E-state index contributed by atoms with van der Waals surface area (Å²) >= 11 is 3.18. The first kappa shape index (κ1) is 12.5. The van der Waals surface area contributed by atoms with Gasteiger partial charge in [0.05, 0.1) is 16.7 Å². The van der Waals surface area contributed by atoms with Crippen LogP contribution in [0.1, 0.15) is 12.6 Å². The van der Waals surface area contributed by atoms with Gasteiger partial charge >= 0.3 is 5.69 Å². The van der Waals surface area contributed by atoms with Crippen LogP contribution in [0.25, 0.3) is 0 Å². The van der Waals surface area contributed by atoms with Gasteiger partial charge in [0.15, 0.2) is 0 Å². The first-order chi connectivity index (χ1) is 8.02. The van der Waals surface area contributed by atoms with Crippen LogP contribution in [0, 0.1) is 0 Å². The van der Waals surface area contributed by atoms with E-state index >= 15 is 0 Å². The summed E-state index contributed by atoms with van der Waals surface area (Å²) in [5.41, 5.74) is 10.4. The van der Waals surface area contributed by atoms with Crippen LogP contribution < -0.4 is 17.2 Å². The summed E-state index contributed by atoms with van der Waals surface area (Å²) in [6.07, 6.45) is 0.118. The number of aliphatic hydroxyl groups excluding tert-OH is 1. The molecule has 1 aromatic heterocycles. The fourth-order valence-electron chi connectivity index (χ4n) is 1.76. The molecule has 0 saturated carbocycles. The van der Waals surface area contributed by atoms with E-state index in [0.717, 1.165) is 0 Å². The third-order valence-corrected chi connectivity index (χ3v) is 3.29. The Morgan fingerprint density at radius 1 is 1.71 bits per heavy atom. The minimum absolute atomic E-state index is 0.125. The molecule has 17 heavy (non-hydrogen) atoms. The van der Waals surface area contributed by atoms with Gasteiger partial charge in [-0.05, 0) is 15.9 Å². The van der Waals surface area contributed by atoms with Crippen molar-refractivity contribution in [1.82, 2.24) is 9.55 Å². The van der Waals surface area contributed by atoms with Crippen molar-refractivity contribution in [2.75, 3.05) is 12.3 Å². The second-order valence-electron chi connectivity index (χ2n) is 3.83. The van der Waals surface area contributed by atoms with E-state index in [4.69, 9.17) is 16.2 Å². The lowest BCUT2D eigenvalue weighted by Gasteiger charge is -2.15. The Morgan fingerprint density at radius 3 is 3.00 bits per heavy atom. The second-order valence-corrected chi connectivity index (χ2v) is 4.69. The van der Waals surface area contributed by atoms with Gasteiger partial charge in [0.1, 0.15) is 12.0 Å². The van der Waals surface area contributed by atoms with Crippen molar-refractivity contribution in [1.29, 1.82) is 0 Å². The van der Waals surface area contributed by atoms with Gasteiger partial charge in [-0.15, -0.1) is 0 Å². The van der Waals surface area contributed by atoms with E-state index in [2.05, 4.69) is 20.9 Å². The average Bonchev–Trinajstić information content (AvgIpc) is 2.65. The SMILES string of the molecule is NC[C@H]1O[C@@H](n2cc(Br)c(N)nc2=O)CC1O. The lowest BCUT2D eigenvalue weighted by atomic mass is 10.2. The van der Waals surface area contributed by atoms with Crippen molar-refractivity contribution < 1.29 is 9.84 Å². The number of halogens is 1. The van der Waals surface area contributed by atoms with Gasteiger partial charge in [-0.3, -0.25) is 4.57 Å². The first-order valence-corrected chi connectivity index (χ1v) is 5.90. The van der Waals surface area contributed by atoms with Crippen molar-refractivity contribution in [3.8, 4) is 0 Å². The molecule has 2 heterocycles. The number of rotatable bonds is 2. The Bertz CT molecular complexity index is 478. The molecule has 3 atom stereocenters. The van der Waals surface area contributed by atoms with Crippen molar-refractivity contribution in [2.45, 2.75) is 24.9 Å². The van der Waals surface area contributed by atoms with E-state index in [-0.39, 0.29) is 12.4 Å². The second kappa shape index (κ2) is 4.73. The summed E-state index contributed by atoms with van der Waals surface area (Å²) in [7, 11) is 0. The number of nitrogen functional groups attached to an aromatic ring is 1.